The lowest BCUT2D eigenvalue weighted by atomic mass is 9.98. The molecule has 2 amide bonds. The number of carbonyl (C=O) groups is 2. The molecule has 6 heteroatoms. The summed E-state index contributed by atoms with van der Waals surface area (Å²) in [6.45, 7) is 3.30. The first-order chi connectivity index (χ1) is 12.1. The summed E-state index contributed by atoms with van der Waals surface area (Å²) in [5, 5.41) is 0. The van der Waals surface area contributed by atoms with Gasteiger partial charge in [-0.05, 0) is 43.5 Å². The number of hydrogen-bond acceptors (Lipinski definition) is 3. The molecule has 0 aromatic heterocycles. The van der Waals surface area contributed by atoms with E-state index in [1.165, 1.54) is 12.1 Å². The third-order valence-corrected chi connectivity index (χ3v) is 4.94. The fraction of sp³-hybridized carbons (Fsp3) is 0.579. The van der Waals surface area contributed by atoms with Crippen molar-refractivity contribution >= 4 is 11.8 Å². The minimum Gasteiger partial charge on any atom is -0.493 e. The van der Waals surface area contributed by atoms with Crippen LogP contribution in [0, 0.1) is 11.7 Å². The number of hydrogen-bond donors (Lipinski definition) is 0. The van der Waals surface area contributed by atoms with Gasteiger partial charge in [0.1, 0.15) is 11.6 Å². The molecular weight excluding hydrogens is 323 g/mol. The second-order valence-corrected chi connectivity index (χ2v) is 6.85. The topological polar surface area (TPSA) is 49.9 Å². The van der Waals surface area contributed by atoms with Crippen LogP contribution in [0.15, 0.2) is 24.3 Å². The largest absolute Gasteiger partial charge is 0.493 e. The molecule has 0 radical (unpaired) electrons. The van der Waals surface area contributed by atoms with Crippen LogP contribution < -0.4 is 4.74 Å². The van der Waals surface area contributed by atoms with Gasteiger partial charge in [0, 0.05) is 44.9 Å². The maximum absolute atomic E-state index is 12.9. The number of benzene rings is 1. The van der Waals surface area contributed by atoms with E-state index in [1.54, 1.807) is 17.0 Å². The number of amides is 2. The Labute approximate surface area is 147 Å². The third-order valence-electron chi connectivity index (χ3n) is 4.94. The van der Waals surface area contributed by atoms with Gasteiger partial charge < -0.3 is 14.5 Å². The average Bonchev–Trinajstić information content (AvgIpc) is 3.04. The number of halogens is 1. The van der Waals surface area contributed by atoms with Crippen molar-refractivity contribution in [1.82, 2.24) is 9.80 Å². The van der Waals surface area contributed by atoms with E-state index in [0.717, 1.165) is 32.4 Å². The summed E-state index contributed by atoms with van der Waals surface area (Å²) in [5.74, 6) is 0.940. The molecule has 3 rings (SSSR count). The summed E-state index contributed by atoms with van der Waals surface area (Å²) in [6.07, 6.45) is 3.90. The van der Waals surface area contributed by atoms with Gasteiger partial charge in [0.25, 0.3) is 0 Å². The molecule has 0 bridgehead atoms. The maximum Gasteiger partial charge on any atom is 0.224 e. The molecule has 5 nitrogen and oxygen atoms in total. The van der Waals surface area contributed by atoms with Crippen LogP contribution >= 0.6 is 0 Å². The normalized spacial score (nSPS) is 20.8. The predicted octanol–water partition coefficient (Wildman–Crippen LogP) is 2.46. The molecule has 1 aromatic rings. The summed E-state index contributed by atoms with van der Waals surface area (Å²) < 4.78 is 18.6. The molecule has 0 aliphatic carbocycles. The number of ether oxygens (including phenoxy) is 1. The standard InChI is InChI=1S/C19H25FN2O3/c20-16-5-7-17(8-6-16)25-14-15-3-1-11-22(13-15)19(24)9-12-21-10-2-4-18(21)23/h5-8,15H,1-4,9-14H2/t15-/m0/s1. The molecular formula is C19H25FN2O3. The molecule has 2 heterocycles. The second kappa shape index (κ2) is 8.32. The van der Waals surface area contributed by atoms with Crippen molar-refractivity contribution in [3.05, 3.63) is 30.1 Å². The van der Waals surface area contributed by atoms with Crippen LogP contribution in [0.4, 0.5) is 4.39 Å². The van der Waals surface area contributed by atoms with Gasteiger partial charge in [-0.15, -0.1) is 0 Å². The Morgan fingerprint density at radius 1 is 1.20 bits per heavy atom. The smallest absolute Gasteiger partial charge is 0.224 e. The number of nitrogens with zero attached hydrogens (tertiary/aromatic N) is 2. The molecule has 2 saturated heterocycles. The minimum atomic E-state index is -0.279. The molecule has 0 unspecified atom stereocenters. The summed E-state index contributed by atoms with van der Waals surface area (Å²) in [7, 11) is 0. The van der Waals surface area contributed by atoms with Crippen molar-refractivity contribution in [1.29, 1.82) is 0 Å². The van der Waals surface area contributed by atoms with E-state index < -0.39 is 0 Å². The SMILES string of the molecule is O=C1CCCN1CCC(=O)N1CCC[C@H](COc2ccc(F)cc2)C1. The summed E-state index contributed by atoms with van der Waals surface area (Å²) in [4.78, 5) is 27.7. The van der Waals surface area contributed by atoms with Gasteiger partial charge in [0.05, 0.1) is 6.61 Å². The molecule has 0 spiro atoms. The average molecular weight is 348 g/mol. The van der Waals surface area contributed by atoms with Gasteiger partial charge in [-0.3, -0.25) is 9.59 Å². The van der Waals surface area contributed by atoms with Crippen molar-refractivity contribution in [2.75, 3.05) is 32.8 Å². The highest BCUT2D eigenvalue weighted by molar-refractivity contribution is 5.80. The van der Waals surface area contributed by atoms with E-state index in [4.69, 9.17) is 4.74 Å². The molecule has 136 valence electrons. The Bertz CT molecular complexity index is 605. The van der Waals surface area contributed by atoms with Crippen LogP contribution in [0.3, 0.4) is 0 Å². The maximum atomic E-state index is 12.9. The van der Waals surface area contributed by atoms with Crippen LogP contribution in [0.2, 0.25) is 0 Å². The van der Waals surface area contributed by atoms with Gasteiger partial charge >= 0.3 is 0 Å². The zero-order valence-electron chi connectivity index (χ0n) is 14.5. The van der Waals surface area contributed by atoms with Crippen molar-refractivity contribution in [2.24, 2.45) is 5.92 Å². The summed E-state index contributed by atoms with van der Waals surface area (Å²) >= 11 is 0. The Kier molecular flexibility index (Phi) is 5.89. The molecule has 0 N–H and O–H groups in total. The second-order valence-electron chi connectivity index (χ2n) is 6.85. The van der Waals surface area contributed by atoms with Gasteiger partial charge in [0.15, 0.2) is 0 Å². The molecule has 1 atom stereocenters. The molecule has 1 aromatic carbocycles. The molecule has 2 aliphatic heterocycles. The molecule has 25 heavy (non-hydrogen) atoms. The van der Waals surface area contributed by atoms with Gasteiger partial charge in [-0.2, -0.15) is 0 Å². The van der Waals surface area contributed by atoms with E-state index in [9.17, 15) is 14.0 Å². The number of piperidine rings is 1. The lowest BCUT2D eigenvalue weighted by Crippen LogP contribution is -2.42. The Hall–Kier alpha value is -2.11. The first-order valence-corrected chi connectivity index (χ1v) is 9.06. The van der Waals surface area contributed by atoms with Crippen LogP contribution in [-0.2, 0) is 9.59 Å². The van der Waals surface area contributed by atoms with E-state index >= 15 is 0 Å². The lowest BCUT2D eigenvalue weighted by molar-refractivity contribution is -0.134. The number of rotatable bonds is 6. The van der Waals surface area contributed by atoms with Gasteiger partial charge in [0.2, 0.25) is 11.8 Å². The quantitative estimate of drug-likeness (QED) is 0.793. The highest BCUT2D eigenvalue weighted by Gasteiger charge is 2.26. The van der Waals surface area contributed by atoms with E-state index in [0.29, 0.717) is 38.3 Å². The highest BCUT2D eigenvalue weighted by atomic mass is 19.1. The molecule has 0 saturated carbocycles. The van der Waals surface area contributed by atoms with Crippen LogP contribution in [0.5, 0.6) is 5.75 Å². The zero-order chi connectivity index (χ0) is 17.6. The van der Waals surface area contributed by atoms with Crippen molar-refractivity contribution in [3.8, 4) is 5.75 Å². The van der Waals surface area contributed by atoms with Gasteiger partial charge in [-0.25, -0.2) is 4.39 Å². The van der Waals surface area contributed by atoms with Crippen LogP contribution in [-0.4, -0.2) is 54.4 Å². The fourth-order valence-corrected chi connectivity index (χ4v) is 3.50. The van der Waals surface area contributed by atoms with Crippen LogP contribution in [0.25, 0.3) is 0 Å². The Morgan fingerprint density at radius 3 is 2.72 bits per heavy atom. The minimum absolute atomic E-state index is 0.117. The first-order valence-electron chi connectivity index (χ1n) is 9.06. The Morgan fingerprint density at radius 2 is 2.00 bits per heavy atom. The van der Waals surface area contributed by atoms with E-state index in [-0.39, 0.29) is 23.5 Å². The predicted molar refractivity (Wildman–Crippen MR) is 91.6 cm³/mol. The van der Waals surface area contributed by atoms with Crippen LogP contribution in [0.1, 0.15) is 32.1 Å². The summed E-state index contributed by atoms with van der Waals surface area (Å²) in [5.41, 5.74) is 0. The fourth-order valence-electron chi connectivity index (χ4n) is 3.50. The van der Waals surface area contributed by atoms with E-state index in [2.05, 4.69) is 0 Å². The van der Waals surface area contributed by atoms with Gasteiger partial charge in [-0.1, -0.05) is 0 Å². The van der Waals surface area contributed by atoms with Crippen molar-refractivity contribution in [3.63, 3.8) is 0 Å². The van der Waals surface area contributed by atoms with Crippen molar-refractivity contribution < 1.29 is 18.7 Å². The lowest BCUT2D eigenvalue weighted by Gasteiger charge is -2.33. The number of likely N-dealkylation sites (tertiary alicyclic amines) is 2. The van der Waals surface area contributed by atoms with Crippen molar-refractivity contribution in [2.45, 2.75) is 32.1 Å². The monoisotopic (exact) mass is 348 g/mol. The molecule has 2 fully saturated rings. The highest BCUT2D eigenvalue weighted by Crippen LogP contribution is 2.20. The first kappa shape index (κ1) is 17.7. The molecule has 2 aliphatic rings. The number of carbonyl (C=O) groups excluding carboxylic acids is 2. The Balaban J connectivity index is 1.43. The van der Waals surface area contributed by atoms with E-state index in [1.807, 2.05) is 4.90 Å². The summed E-state index contributed by atoms with van der Waals surface area (Å²) in [6, 6.07) is 6.00. The third kappa shape index (κ3) is 4.94. The zero-order valence-corrected chi connectivity index (χ0v) is 14.5.